The number of aromatic nitrogens is 2. The van der Waals surface area contributed by atoms with Crippen LogP contribution < -0.4 is 16.0 Å². The van der Waals surface area contributed by atoms with E-state index in [0.29, 0.717) is 25.7 Å². The van der Waals surface area contributed by atoms with Crippen molar-refractivity contribution in [3.63, 3.8) is 0 Å². The minimum atomic E-state index is -0.258. The first-order valence-electron chi connectivity index (χ1n) is 13.1. The van der Waals surface area contributed by atoms with Crippen molar-refractivity contribution in [3.05, 3.63) is 82.2 Å². The molecule has 1 amide bonds. The molecule has 0 saturated heterocycles. The monoisotopic (exact) mass is 611 g/mol. The summed E-state index contributed by atoms with van der Waals surface area (Å²) < 4.78 is 0. The van der Waals surface area contributed by atoms with E-state index >= 15 is 0 Å². The average molecular weight is 613 g/mol. The Morgan fingerprint density at radius 1 is 0.850 bits per heavy atom. The smallest absolute Gasteiger partial charge is 0.284 e. The molecule has 0 fully saturated rings. The van der Waals surface area contributed by atoms with Crippen LogP contribution in [0, 0.1) is 13.8 Å². The third-order valence-electron chi connectivity index (χ3n) is 7.38. The van der Waals surface area contributed by atoms with Gasteiger partial charge >= 0.3 is 0 Å². The maximum atomic E-state index is 13.3. The van der Waals surface area contributed by atoms with E-state index in [-0.39, 0.29) is 18.1 Å². The first-order valence-corrected chi connectivity index (χ1v) is 15.5. The van der Waals surface area contributed by atoms with Crippen molar-refractivity contribution in [2.75, 3.05) is 18.4 Å². The number of nitrogens with zero attached hydrogens (tertiary/aromatic N) is 2. The minimum Gasteiger partial charge on any atom is -0.320 e. The average Bonchev–Trinajstić information content (AvgIpc) is 3.57. The maximum Gasteiger partial charge on any atom is 0.284 e. The molecule has 4 aromatic rings. The van der Waals surface area contributed by atoms with Gasteiger partial charge in [-0.2, -0.15) is 0 Å². The SMILES string of the molecule is Cc1c(CC(=O)c2nc3c(s2)CNCC3)cc(Cl)cc1-c1cc(Cl)cc(NC(=O)c2nc3c(s2)CNCC3)c1C. The van der Waals surface area contributed by atoms with Crippen molar-refractivity contribution in [3.8, 4) is 11.1 Å². The van der Waals surface area contributed by atoms with Crippen molar-refractivity contribution in [1.82, 2.24) is 20.6 Å². The molecule has 0 aliphatic carbocycles. The predicted molar refractivity (Wildman–Crippen MR) is 162 cm³/mol. The number of carbonyl (C=O) groups excluding carboxylic acids is 2. The summed E-state index contributed by atoms with van der Waals surface area (Å²) in [5.74, 6) is -0.279. The minimum absolute atomic E-state index is 0.0205. The van der Waals surface area contributed by atoms with Gasteiger partial charge in [0.2, 0.25) is 0 Å². The first-order chi connectivity index (χ1) is 19.3. The van der Waals surface area contributed by atoms with Crippen LogP contribution in [-0.4, -0.2) is 34.7 Å². The fourth-order valence-corrected chi connectivity index (χ4v) is 7.63. The van der Waals surface area contributed by atoms with Gasteiger partial charge in [0.15, 0.2) is 15.8 Å². The van der Waals surface area contributed by atoms with Crippen molar-refractivity contribution in [1.29, 1.82) is 0 Å². The Morgan fingerprint density at radius 2 is 1.43 bits per heavy atom. The molecule has 0 spiro atoms. The van der Waals surface area contributed by atoms with Crippen molar-refractivity contribution in [2.45, 2.75) is 46.2 Å². The summed E-state index contributed by atoms with van der Waals surface area (Å²) in [6, 6.07) is 7.34. The highest BCUT2D eigenvalue weighted by molar-refractivity contribution is 7.14. The Morgan fingerprint density at radius 3 is 2.08 bits per heavy atom. The van der Waals surface area contributed by atoms with E-state index in [4.69, 9.17) is 23.2 Å². The quantitative estimate of drug-likeness (QED) is 0.226. The number of thiazole rings is 2. The molecular weight excluding hydrogens is 585 g/mol. The lowest BCUT2D eigenvalue weighted by Crippen LogP contribution is -2.22. The summed E-state index contributed by atoms with van der Waals surface area (Å²) in [6.45, 7) is 7.17. The maximum absolute atomic E-state index is 13.3. The molecule has 206 valence electrons. The fourth-order valence-electron chi connectivity index (χ4n) is 5.18. The molecule has 0 bridgehead atoms. The van der Waals surface area contributed by atoms with Gasteiger partial charge < -0.3 is 16.0 Å². The lowest BCUT2D eigenvalue weighted by Gasteiger charge is -2.17. The summed E-state index contributed by atoms with van der Waals surface area (Å²) in [6.07, 6.45) is 1.86. The third kappa shape index (κ3) is 5.46. The Labute approximate surface area is 250 Å². The highest BCUT2D eigenvalue weighted by atomic mass is 35.5. The second-order valence-electron chi connectivity index (χ2n) is 10.0. The lowest BCUT2D eigenvalue weighted by atomic mass is 9.91. The van der Waals surface area contributed by atoms with E-state index in [1.807, 2.05) is 32.0 Å². The van der Waals surface area contributed by atoms with Crippen molar-refractivity contribution >= 4 is 63.3 Å². The van der Waals surface area contributed by atoms with Gasteiger partial charge in [0.1, 0.15) is 0 Å². The zero-order valence-corrected chi connectivity index (χ0v) is 25.2. The number of halogens is 2. The molecule has 2 aromatic carbocycles. The lowest BCUT2D eigenvalue weighted by molar-refractivity contribution is 0.0990. The zero-order valence-electron chi connectivity index (χ0n) is 22.0. The molecule has 0 atom stereocenters. The molecule has 0 radical (unpaired) electrons. The van der Waals surface area contributed by atoms with Gasteiger partial charge in [-0.05, 0) is 65.9 Å². The van der Waals surface area contributed by atoms with E-state index < -0.39 is 0 Å². The van der Waals surface area contributed by atoms with Crippen LogP contribution in [0.5, 0.6) is 0 Å². The van der Waals surface area contributed by atoms with Gasteiger partial charge in [0, 0.05) is 70.9 Å². The Balaban J connectivity index is 1.29. The summed E-state index contributed by atoms with van der Waals surface area (Å²) in [7, 11) is 0. The van der Waals surface area contributed by atoms with Crippen LogP contribution in [0.15, 0.2) is 24.3 Å². The standard InChI is InChI=1S/C29H27Cl2N5O2S2/c1-14-16(8-24(37)28-35-21-3-5-32-12-25(21)39-28)7-17(30)9-19(14)20-10-18(31)11-23(15(20)2)34-27(38)29-36-22-4-6-33-13-26(22)40-29/h7,9-11,32-33H,3-6,8,12-13H2,1-2H3,(H,34,38). The van der Waals surface area contributed by atoms with Gasteiger partial charge in [-0.15, -0.1) is 22.7 Å². The van der Waals surface area contributed by atoms with Crippen LogP contribution in [-0.2, 0) is 32.4 Å². The number of nitrogens with one attached hydrogen (secondary N) is 3. The second kappa shape index (κ2) is 11.3. The number of anilines is 1. The van der Waals surface area contributed by atoms with Crippen LogP contribution >= 0.6 is 45.9 Å². The molecule has 2 aliphatic rings. The van der Waals surface area contributed by atoms with Gasteiger partial charge in [0.05, 0.1) is 11.4 Å². The molecule has 6 rings (SSSR count). The zero-order chi connectivity index (χ0) is 28.0. The van der Waals surface area contributed by atoms with Crippen molar-refractivity contribution < 1.29 is 9.59 Å². The van der Waals surface area contributed by atoms with Gasteiger partial charge in [-0.3, -0.25) is 9.59 Å². The third-order valence-corrected chi connectivity index (χ3v) is 10.1. The first kappa shape index (κ1) is 27.5. The molecule has 7 nitrogen and oxygen atoms in total. The highest BCUT2D eigenvalue weighted by Crippen LogP contribution is 2.37. The van der Waals surface area contributed by atoms with Gasteiger partial charge in [-0.25, -0.2) is 9.97 Å². The van der Waals surface area contributed by atoms with E-state index in [9.17, 15) is 9.59 Å². The number of hydrogen-bond donors (Lipinski definition) is 3. The number of amides is 1. The number of hydrogen-bond acceptors (Lipinski definition) is 8. The number of ketones is 1. The summed E-state index contributed by atoms with van der Waals surface area (Å²) in [4.78, 5) is 37.8. The Bertz CT molecular complexity index is 1490. The molecule has 0 unspecified atom stereocenters. The van der Waals surface area contributed by atoms with Crippen LogP contribution in [0.2, 0.25) is 10.0 Å². The summed E-state index contributed by atoms with van der Waals surface area (Å²) in [5, 5.41) is 11.7. The van der Waals surface area contributed by atoms with Crippen LogP contribution in [0.25, 0.3) is 11.1 Å². The normalized spacial score (nSPS) is 14.5. The number of rotatable bonds is 6. The van der Waals surface area contributed by atoms with Gasteiger partial charge in [-0.1, -0.05) is 23.2 Å². The number of Topliss-reactive ketones (excluding diaryl/α,β-unsaturated/α-hetero) is 1. The van der Waals surface area contributed by atoms with E-state index in [1.54, 1.807) is 6.07 Å². The fraction of sp³-hybridized carbons (Fsp3) is 0.310. The summed E-state index contributed by atoms with van der Waals surface area (Å²) in [5.41, 5.74) is 6.95. The topological polar surface area (TPSA) is 96.0 Å². The Hall–Kier alpha value is -2.66. The molecule has 3 N–H and O–H groups in total. The molecule has 2 aromatic heterocycles. The number of fused-ring (bicyclic) bond motifs is 2. The molecule has 4 heterocycles. The van der Waals surface area contributed by atoms with Gasteiger partial charge in [0.25, 0.3) is 5.91 Å². The summed E-state index contributed by atoms with van der Waals surface area (Å²) >= 11 is 16.0. The van der Waals surface area contributed by atoms with E-state index in [0.717, 1.165) is 88.0 Å². The van der Waals surface area contributed by atoms with Crippen molar-refractivity contribution in [2.24, 2.45) is 0 Å². The number of carbonyl (C=O) groups is 2. The largest absolute Gasteiger partial charge is 0.320 e. The molecule has 40 heavy (non-hydrogen) atoms. The second-order valence-corrected chi connectivity index (χ2v) is 13.1. The molecular formula is C29H27Cl2N5O2S2. The highest BCUT2D eigenvalue weighted by Gasteiger charge is 2.23. The van der Waals surface area contributed by atoms with Crippen LogP contribution in [0.3, 0.4) is 0 Å². The van der Waals surface area contributed by atoms with E-state index in [2.05, 4.69) is 25.9 Å². The molecule has 2 aliphatic heterocycles. The van der Waals surface area contributed by atoms with Crippen LogP contribution in [0.1, 0.15) is 57.4 Å². The molecule has 0 saturated carbocycles. The van der Waals surface area contributed by atoms with Crippen LogP contribution in [0.4, 0.5) is 5.69 Å². The predicted octanol–water partition coefficient (Wildman–Crippen LogP) is 6.16. The molecule has 11 heteroatoms. The Kier molecular flexibility index (Phi) is 7.78. The van der Waals surface area contributed by atoms with E-state index in [1.165, 1.54) is 22.7 Å². The number of benzene rings is 2.